The van der Waals surface area contributed by atoms with Crippen LogP contribution in [0.25, 0.3) is 54.7 Å². The van der Waals surface area contributed by atoms with E-state index in [1.54, 1.807) is 24.3 Å². The molecule has 0 amide bonds. The first-order chi connectivity index (χ1) is 22.7. The lowest BCUT2D eigenvalue weighted by molar-refractivity contribution is 0.0727. The maximum atomic E-state index is 14.0. The molecule has 0 bridgehead atoms. The van der Waals surface area contributed by atoms with E-state index in [2.05, 4.69) is 0 Å². The lowest BCUT2D eigenvalue weighted by Gasteiger charge is -2.16. The van der Waals surface area contributed by atoms with Crippen LogP contribution in [0.3, 0.4) is 0 Å². The Morgan fingerprint density at radius 2 is 0.652 bits per heavy atom. The van der Waals surface area contributed by atoms with Crippen LogP contribution in [-0.4, -0.2) is 21.9 Å². The Morgan fingerprint density at radius 3 is 1.00 bits per heavy atom. The molecule has 0 aliphatic heterocycles. The number of aromatic nitrogens is 2. The summed E-state index contributed by atoms with van der Waals surface area (Å²) in [6.07, 6.45) is 0. The van der Waals surface area contributed by atoms with E-state index >= 15 is 0 Å². The maximum absolute atomic E-state index is 14.0. The number of para-hydroxylation sites is 6. The molecule has 218 valence electrons. The third kappa shape index (κ3) is 4.69. The highest BCUT2D eigenvalue weighted by molar-refractivity contribution is 6.16. The van der Waals surface area contributed by atoms with Crippen molar-refractivity contribution in [2.24, 2.45) is 0 Å². The summed E-state index contributed by atoms with van der Waals surface area (Å²) in [6.45, 7) is 0. The number of hydrogen-bond donors (Lipinski definition) is 0. The van der Waals surface area contributed by atoms with Crippen LogP contribution in [0.15, 0.2) is 146 Å². The van der Waals surface area contributed by atoms with Gasteiger partial charge in [0.05, 0.1) is 33.2 Å². The third-order valence-electron chi connectivity index (χ3n) is 8.05. The van der Waals surface area contributed by atoms with Gasteiger partial charge in [-0.2, -0.15) is 0 Å². The number of carbonyl (C=O) groups excluding carboxylic acids is 2. The highest BCUT2D eigenvalue weighted by Gasteiger charge is 2.23. The average Bonchev–Trinajstić information content (AvgIpc) is 3.10. The summed E-state index contributed by atoms with van der Waals surface area (Å²) in [5.74, 6) is -0.348. The zero-order chi connectivity index (χ0) is 31.0. The van der Waals surface area contributed by atoms with Gasteiger partial charge in [0.25, 0.3) is 0 Å². The molecule has 0 spiro atoms. The summed E-state index contributed by atoms with van der Waals surface area (Å²) < 4.78 is 12.3. The van der Waals surface area contributed by atoms with Crippen molar-refractivity contribution in [2.75, 3.05) is 0 Å². The van der Waals surface area contributed by atoms with Crippen LogP contribution in [-0.2, 0) is 0 Å². The van der Waals surface area contributed by atoms with E-state index in [4.69, 9.17) is 19.4 Å². The van der Waals surface area contributed by atoms with Crippen LogP contribution in [0, 0.1) is 0 Å². The zero-order valence-electron chi connectivity index (χ0n) is 24.4. The fraction of sp³-hybridized carbons (Fsp3) is 0. The second-order valence-electron chi connectivity index (χ2n) is 10.8. The first-order valence-electron chi connectivity index (χ1n) is 14.8. The van der Waals surface area contributed by atoms with Crippen molar-refractivity contribution < 1.29 is 19.1 Å². The highest BCUT2D eigenvalue weighted by Crippen LogP contribution is 2.38. The van der Waals surface area contributed by atoms with E-state index in [-0.39, 0.29) is 0 Å². The predicted molar refractivity (Wildman–Crippen MR) is 180 cm³/mol. The maximum Gasteiger partial charge on any atom is 0.344 e. The number of hydrogen-bond acceptors (Lipinski definition) is 6. The quantitative estimate of drug-likeness (QED) is 0.112. The predicted octanol–water partition coefficient (Wildman–Crippen LogP) is 9.19. The van der Waals surface area contributed by atoms with E-state index in [1.165, 1.54) is 0 Å². The second-order valence-corrected chi connectivity index (χ2v) is 10.8. The Balaban J connectivity index is 1.20. The van der Waals surface area contributed by atoms with Crippen molar-refractivity contribution in [2.45, 2.75) is 0 Å². The summed E-state index contributed by atoms with van der Waals surface area (Å²) >= 11 is 0. The Labute approximate surface area is 263 Å². The molecule has 0 atom stereocenters. The van der Waals surface area contributed by atoms with Gasteiger partial charge in [0.1, 0.15) is 11.5 Å². The molecule has 0 aliphatic rings. The van der Waals surface area contributed by atoms with Gasteiger partial charge < -0.3 is 9.47 Å². The van der Waals surface area contributed by atoms with Crippen LogP contribution in [0.2, 0.25) is 0 Å². The average molecular weight is 597 g/mol. The molecular formula is C40H24N2O4. The molecule has 0 radical (unpaired) electrons. The van der Waals surface area contributed by atoms with E-state index in [0.717, 1.165) is 0 Å². The minimum absolute atomic E-state index is 0.334. The van der Waals surface area contributed by atoms with Gasteiger partial charge in [-0.15, -0.1) is 0 Å². The third-order valence-corrected chi connectivity index (χ3v) is 8.05. The largest absolute Gasteiger partial charge is 0.422 e. The van der Waals surface area contributed by atoms with Gasteiger partial charge in [0.15, 0.2) is 0 Å². The monoisotopic (exact) mass is 596 g/mol. The minimum atomic E-state index is -0.508. The number of fused-ring (bicyclic) bond motifs is 4. The number of pyridine rings is 2. The Bertz CT molecular complexity index is 2210. The van der Waals surface area contributed by atoms with Gasteiger partial charge in [-0.05, 0) is 36.4 Å². The number of esters is 2. The van der Waals surface area contributed by atoms with Crippen LogP contribution < -0.4 is 9.47 Å². The molecule has 8 rings (SSSR count). The SMILES string of the molecule is O=C(Oc1ccccc1-c1ccccc1OC(=O)c1c2ccccc2nc2ccccc12)c1c2ccccc2nc2ccccc12. The molecule has 2 heterocycles. The fourth-order valence-electron chi connectivity index (χ4n) is 5.98. The van der Waals surface area contributed by atoms with Crippen molar-refractivity contribution in [3.8, 4) is 22.6 Å². The Kier molecular flexibility index (Phi) is 6.65. The second kappa shape index (κ2) is 11.3. The van der Waals surface area contributed by atoms with Crippen molar-refractivity contribution in [3.05, 3.63) is 157 Å². The Morgan fingerprint density at radius 1 is 0.370 bits per heavy atom. The molecule has 0 aliphatic carbocycles. The number of carbonyl (C=O) groups is 2. The number of rotatable bonds is 5. The molecule has 2 aromatic heterocycles. The number of ether oxygens (including phenoxy) is 2. The molecule has 46 heavy (non-hydrogen) atoms. The fourth-order valence-corrected chi connectivity index (χ4v) is 5.98. The van der Waals surface area contributed by atoms with Crippen molar-refractivity contribution >= 4 is 55.6 Å². The van der Waals surface area contributed by atoms with Gasteiger partial charge in [0, 0.05) is 32.7 Å². The van der Waals surface area contributed by atoms with Crippen LogP contribution in [0.4, 0.5) is 0 Å². The lowest BCUT2D eigenvalue weighted by atomic mass is 10.0. The summed E-state index contributed by atoms with van der Waals surface area (Å²) in [7, 11) is 0. The topological polar surface area (TPSA) is 78.4 Å². The van der Waals surface area contributed by atoms with Gasteiger partial charge in [-0.25, -0.2) is 19.6 Å². The molecular weight excluding hydrogens is 572 g/mol. The van der Waals surface area contributed by atoms with Crippen LogP contribution in [0.5, 0.6) is 11.5 Å². The van der Waals surface area contributed by atoms with Crippen molar-refractivity contribution in [3.63, 3.8) is 0 Å². The van der Waals surface area contributed by atoms with Gasteiger partial charge in [0.2, 0.25) is 0 Å². The first-order valence-corrected chi connectivity index (χ1v) is 14.8. The normalized spacial score (nSPS) is 11.2. The summed E-state index contributed by atoms with van der Waals surface area (Å²) in [6, 6.07) is 44.6. The van der Waals surface area contributed by atoms with Crippen LogP contribution >= 0.6 is 0 Å². The molecule has 0 fully saturated rings. The first kappa shape index (κ1) is 27.2. The summed E-state index contributed by atoms with van der Waals surface area (Å²) in [5, 5.41) is 2.81. The minimum Gasteiger partial charge on any atom is -0.422 e. The highest BCUT2D eigenvalue weighted by atomic mass is 16.5. The molecule has 8 aromatic rings. The number of nitrogens with zero attached hydrogens (tertiary/aromatic N) is 2. The van der Waals surface area contributed by atoms with Crippen molar-refractivity contribution in [1.82, 2.24) is 9.97 Å². The van der Waals surface area contributed by atoms with E-state index in [9.17, 15) is 9.59 Å². The van der Waals surface area contributed by atoms with E-state index in [1.807, 2.05) is 121 Å². The number of benzene rings is 6. The standard InChI is InChI=1S/C40H24N2O4/c43-39(37-27-15-1-7-19-31(27)41-32-20-8-2-16-28(32)37)45-35-23-11-5-13-25(35)26-14-6-12-24-36(26)46-40(44)38-29-17-3-9-21-33(29)42-34-22-10-4-18-30(34)38/h1-24H. The summed E-state index contributed by atoms with van der Waals surface area (Å²) in [4.78, 5) is 37.4. The van der Waals surface area contributed by atoms with Crippen molar-refractivity contribution in [1.29, 1.82) is 0 Å². The molecule has 0 saturated carbocycles. The van der Waals surface area contributed by atoms with E-state index < -0.39 is 11.9 Å². The Hall–Kier alpha value is -6.40. The smallest absolute Gasteiger partial charge is 0.344 e. The van der Waals surface area contributed by atoms with Gasteiger partial charge in [-0.3, -0.25) is 0 Å². The summed E-state index contributed by atoms with van der Waals surface area (Å²) in [5.41, 5.74) is 4.89. The lowest BCUT2D eigenvalue weighted by Crippen LogP contribution is -2.12. The van der Waals surface area contributed by atoms with Gasteiger partial charge in [-0.1, -0.05) is 109 Å². The van der Waals surface area contributed by atoms with Gasteiger partial charge >= 0.3 is 11.9 Å². The molecule has 6 aromatic carbocycles. The molecule has 0 saturated heterocycles. The zero-order valence-corrected chi connectivity index (χ0v) is 24.4. The molecule has 6 nitrogen and oxygen atoms in total. The van der Waals surface area contributed by atoms with E-state index in [0.29, 0.717) is 77.4 Å². The van der Waals surface area contributed by atoms with Crippen LogP contribution in [0.1, 0.15) is 20.7 Å². The molecule has 0 N–H and O–H groups in total. The molecule has 0 unspecified atom stereocenters. The molecule has 6 heteroatoms.